The number of benzene rings is 1. The van der Waals surface area contributed by atoms with Crippen molar-refractivity contribution in [1.29, 1.82) is 5.26 Å². The topological polar surface area (TPSA) is 64.9 Å². The second kappa shape index (κ2) is 13.0. The van der Waals surface area contributed by atoms with Gasteiger partial charge >= 0.3 is 0 Å². The number of nitriles is 1. The highest BCUT2D eigenvalue weighted by molar-refractivity contribution is 6.06. The third kappa shape index (κ3) is 8.73. The van der Waals surface area contributed by atoms with Crippen LogP contribution in [0.5, 0.6) is 0 Å². The second-order valence-electron chi connectivity index (χ2n) is 8.52. The molecule has 1 saturated carbocycles. The molecule has 0 atom stereocenters. The molecular weight excluding hydrogens is 358 g/mol. The minimum atomic E-state index is -0.356. The molecule has 29 heavy (non-hydrogen) atoms. The molecule has 2 rings (SSSR count). The lowest BCUT2D eigenvalue weighted by Crippen LogP contribution is -2.26. The van der Waals surface area contributed by atoms with Gasteiger partial charge in [0.1, 0.15) is 11.6 Å². The Hall–Kier alpha value is -2.28. The Morgan fingerprint density at radius 1 is 0.966 bits per heavy atom. The third-order valence-corrected chi connectivity index (χ3v) is 5.77. The molecular formula is C25H37N3O. The number of hydrogen-bond acceptors (Lipinski definition) is 3. The van der Waals surface area contributed by atoms with E-state index in [0.717, 1.165) is 12.8 Å². The highest BCUT2D eigenvalue weighted by Gasteiger charge is 2.12. The summed E-state index contributed by atoms with van der Waals surface area (Å²) in [5, 5.41) is 15.7. The Balaban J connectivity index is 1.91. The SMILES string of the molecule is CC(C)c1ccc(NC(=O)/C(C#N)=C\NC2CCCCCCCCCCC2)cc1. The number of rotatable bonds is 5. The molecule has 1 aliphatic rings. The highest BCUT2D eigenvalue weighted by atomic mass is 16.1. The normalized spacial score (nSPS) is 17.7. The number of carbonyl (C=O) groups is 1. The van der Waals surface area contributed by atoms with Crippen LogP contribution >= 0.6 is 0 Å². The van der Waals surface area contributed by atoms with E-state index in [4.69, 9.17) is 0 Å². The van der Waals surface area contributed by atoms with Crippen LogP contribution in [0, 0.1) is 11.3 Å². The van der Waals surface area contributed by atoms with E-state index >= 15 is 0 Å². The summed E-state index contributed by atoms with van der Waals surface area (Å²) in [6.45, 7) is 4.27. The molecule has 1 fully saturated rings. The van der Waals surface area contributed by atoms with Crippen molar-refractivity contribution in [2.24, 2.45) is 0 Å². The number of nitrogens with one attached hydrogen (secondary N) is 2. The summed E-state index contributed by atoms with van der Waals surface area (Å²) in [6, 6.07) is 10.2. The van der Waals surface area contributed by atoms with Crippen molar-refractivity contribution < 1.29 is 4.79 Å². The van der Waals surface area contributed by atoms with Gasteiger partial charge in [0, 0.05) is 17.9 Å². The lowest BCUT2D eigenvalue weighted by Gasteiger charge is -2.18. The summed E-state index contributed by atoms with van der Waals surface area (Å²) < 4.78 is 0. The fraction of sp³-hybridized carbons (Fsp3) is 0.600. The van der Waals surface area contributed by atoms with E-state index in [2.05, 4.69) is 24.5 Å². The standard InChI is InChI=1S/C25H37N3O/c1-20(2)21-14-16-24(17-15-21)28-25(29)22(18-26)19-27-23-12-10-8-6-4-3-5-7-9-11-13-23/h14-17,19-20,23,27H,3-13H2,1-2H3,(H,28,29)/b22-19-. The van der Waals surface area contributed by atoms with E-state index < -0.39 is 0 Å². The van der Waals surface area contributed by atoms with E-state index in [1.54, 1.807) is 6.20 Å². The van der Waals surface area contributed by atoms with Gasteiger partial charge in [-0.3, -0.25) is 4.79 Å². The van der Waals surface area contributed by atoms with Gasteiger partial charge in [-0.15, -0.1) is 0 Å². The Morgan fingerprint density at radius 2 is 1.48 bits per heavy atom. The predicted octanol–water partition coefficient (Wildman–Crippen LogP) is 6.42. The predicted molar refractivity (Wildman–Crippen MR) is 121 cm³/mol. The molecule has 158 valence electrons. The first-order valence-corrected chi connectivity index (χ1v) is 11.4. The molecule has 0 unspecified atom stereocenters. The average molecular weight is 396 g/mol. The molecule has 2 N–H and O–H groups in total. The molecule has 0 saturated heterocycles. The van der Waals surface area contributed by atoms with Crippen LogP contribution in [0.4, 0.5) is 5.69 Å². The smallest absolute Gasteiger partial charge is 0.267 e. The fourth-order valence-corrected chi connectivity index (χ4v) is 3.83. The first-order chi connectivity index (χ1) is 14.1. The summed E-state index contributed by atoms with van der Waals surface area (Å²) in [6.07, 6.45) is 15.5. The fourth-order valence-electron chi connectivity index (χ4n) is 3.83. The summed E-state index contributed by atoms with van der Waals surface area (Å²) in [5.41, 5.74) is 2.07. The van der Waals surface area contributed by atoms with E-state index in [1.807, 2.05) is 30.3 Å². The minimum absolute atomic E-state index is 0.129. The van der Waals surface area contributed by atoms with Crippen molar-refractivity contribution in [3.8, 4) is 6.07 Å². The lowest BCUT2D eigenvalue weighted by molar-refractivity contribution is -0.112. The number of nitrogens with zero attached hydrogens (tertiary/aromatic N) is 1. The summed E-state index contributed by atoms with van der Waals surface area (Å²) >= 11 is 0. The average Bonchev–Trinajstić information content (AvgIpc) is 2.70. The van der Waals surface area contributed by atoms with E-state index in [1.165, 1.54) is 63.4 Å². The van der Waals surface area contributed by atoms with Crippen molar-refractivity contribution in [3.05, 3.63) is 41.6 Å². The van der Waals surface area contributed by atoms with Crippen molar-refractivity contribution in [2.75, 3.05) is 5.32 Å². The van der Waals surface area contributed by atoms with Gasteiger partial charge in [0.25, 0.3) is 5.91 Å². The van der Waals surface area contributed by atoms with Crippen LogP contribution in [0.1, 0.15) is 96.0 Å². The van der Waals surface area contributed by atoms with Crippen LogP contribution in [0.3, 0.4) is 0 Å². The molecule has 0 heterocycles. The Labute approximate surface area is 176 Å². The van der Waals surface area contributed by atoms with Gasteiger partial charge in [0.2, 0.25) is 0 Å². The van der Waals surface area contributed by atoms with Gasteiger partial charge in [-0.05, 0) is 36.5 Å². The summed E-state index contributed by atoms with van der Waals surface area (Å²) in [7, 11) is 0. The zero-order chi connectivity index (χ0) is 20.9. The zero-order valence-corrected chi connectivity index (χ0v) is 18.2. The molecule has 1 aliphatic carbocycles. The molecule has 4 heteroatoms. The minimum Gasteiger partial charge on any atom is -0.387 e. The number of hydrogen-bond donors (Lipinski definition) is 2. The van der Waals surface area contributed by atoms with Crippen LogP contribution in [-0.4, -0.2) is 11.9 Å². The first kappa shape index (κ1) is 23.0. The van der Waals surface area contributed by atoms with Gasteiger partial charge < -0.3 is 10.6 Å². The molecule has 0 bridgehead atoms. The van der Waals surface area contributed by atoms with Gasteiger partial charge in [-0.1, -0.05) is 83.8 Å². The first-order valence-electron chi connectivity index (χ1n) is 11.4. The van der Waals surface area contributed by atoms with Crippen molar-refractivity contribution in [1.82, 2.24) is 5.32 Å². The molecule has 1 amide bonds. The number of carbonyl (C=O) groups excluding carboxylic acids is 1. The Bertz CT molecular complexity index is 673. The Kier molecular flexibility index (Phi) is 10.3. The number of anilines is 1. The van der Waals surface area contributed by atoms with E-state index in [9.17, 15) is 10.1 Å². The third-order valence-electron chi connectivity index (χ3n) is 5.77. The Morgan fingerprint density at radius 3 is 1.97 bits per heavy atom. The zero-order valence-electron chi connectivity index (χ0n) is 18.2. The molecule has 1 aromatic carbocycles. The lowest BCUT2D eigenvalue weighted by atomic mass is 9.98. The van der Waals surface area contributed by atoms with Crippen molar-refractivity contribution in [2.45, 2.75) is 96.4 Å². The number of amides is 1. The quantitative estimate of drug-likeness (QED) is 0.446. The summed E-state index contributed by atoms with van der Waals surface area (Å²) in [5.74, 6) is 0.0925. The van der Waals surface area contributed by atoms with E-state index in [0.29, 0.717) is 17.6 Å². The van der Waals surface area contributed by atoms with Gasteiger partial charge in [-0.25, -0.2) is 0 Å². The highest BCUT2D eigenvalue weighted by Crippen LogP contribution is 2.19. The van der Waals surface area contributed by atoms with Gasteiger partial charge in [-0.2, -0.15) is 5.26 Å². The maximum Gasteiger partial charge on any atom is 0.267 e. The van der Waals surface area contributed by atoms with Crippen LogP contribution in [-0.2, 0) is 4.79 Å². The molecule has 4 nitrogen and oxygen atoms in total. The van der Waals surface area contributed by atoms with Crippen molar-refractivity contribution >= 4 is 11.6 Å². The maximum atomic E-state index is 12.5. The van der Waals surface area contributed by atoms with Crippen LogP contribution in [0.15, 0.2) is 36.0 Å². The van der Waals surface area contributed by atoms with Crippen LogP contribution < -0.4 is 10.6 Å². The molecule has 1 aromatic rings. The molecule has 0 spiro atoms. The summed E-state index contributed by atoms with van der Waals surface area (Å²) in [4.78, 5) is 12.5. The second-order valence-corrected chi connectivity index (χ2v) is 8.52. The van der Waals surface area contributed by atoms with Crippen molar-refractivity contribution in [3.63, 3.8) is 0 Å². The molecule has 0 aliphatic heterocycles. The largest absolute Gasteiger partial charge is 0.387 e. The van der Waals surface area contributed by atoms with E-state index in [-0.39, 0.29) is 11.5 Å². The monoisotopic (exact) mass is 395 g/mol. The molecule has 0 radical (unpaired) electrons. The molecule has 0 aromatic heterocycles. The van der Waals surface area contributed by atoms with Gasteiger partial charge in [0.15, 0.2) is 0 Å². The van der Waals surface area contributed by atoms with Crippen LogP contribution in [0.2, 0.25) is 0 Å². The van der Waals surface area contributed by atoms with Crippen LogP contribution in [0.25, 0.3) is 0 Å². The van der Waals surface area contributed by atoms with Gasteiger partial charge in [0.05, 0.1) is 0 Å². The maximum absolute atomic E-state index is 12.5.